The Balaban J connectivity index is 1.94. The van der Waals surface area contributed by atoms with Crippen molar-refractivity contribution in [3.63, 3.8) is 0 Å². The van der Waals surface area contributed by atoms with Crippen LogP contribution in [-0.2, 0) is 9.59 Å². The van der Waals surface area contributed by atoms with Crippen molar-refractivity contribution in [2.45, 2.75) is 20.3 Å². The van der Waals surface area contributed by atoms with Gasteiger partial charge >= 0.3 is 0 Å². The molecule has 5 nitrogen and oxygen atoms in total. The Morgan fingerprint density at radius 2 is 1.67 bits per heavy atom. The number of benzene rings is 2. The van der Waals surface area contributed by atoms with Crippen LogP contribution in [0.3, 0.4) is 0 Å². The summed E-state index contributed by atoms with van der Waals surface area (Å²) in [6.45, 7) is 4.83. The molecule has 0 radical (unpaired) electrons. The summed E-state index contributed by atoms with van der Waals surface area (Å²) in [7, 11) is 0. The molecule has 144 valence electrons. The number of nitrogens with one attached hydrogen (secondary N) is 3. The third-order valence-electron chi connectivity index (χ3n) is 4.05. The monoisotopic (exact) mass is 436 g/mol. The van der Waals surface area contributed by atoms with Crippen LogP contribution in [0.2, 0.25) is 0 Å². The zero-order chi connectivity index (χ0) is 19.8. The molecule has 27 heavy (non-hydrogen) atoms. The average Bonchev–Trinajstić information content (AvgIpc) is 2.59. The van der Waals surface area contributed by atoms with Crippen LogP contribution < -0.4 is 15.5 Å². The SMILES string of the molecule is CCC[NH+](CC(=O)Nc1ccccc1C)CC(=O)Nc1ccc(Br)cc1F. The van der Waals surface area contributed by atoms with Gasteiger partial charge in [0.25, 0.3) is 11.8 Å². The van der Waals surface area contributed by atoms with E-state index >= 15 is 0 Å². The third kappa shape index (κ3) is 6.77. The van der Waals surface area contributed by atoms with E-state index in [1.54, 1.807) is 6.07 Å². The Hall–Kier alpha value is -2.25. The van der Waals surface area contributed by atoms with E-state index in [1.807, 2.05) is 38.1 Å². The first-order valence-electron chi connectivity index (χ1n) is 8.83. The zero-order valence-corrected chi connectivity index (χ0v) is 17.0. The van der Waals surface area contributed by atoms with Gasteiger partial charge in [0.2, 0.25) is 0 Å². The highest BCUT2D eigenvalue weighted by molar-refractivity contribution is 9.10. The molecule has 0 aliphatic carbocycles. The molecule has 1 atom stereocenters. The van der Waals surface area contributed by atoms with Gasteiger partial charge in [-0.15, -0.1) is 0 Å². The number of hydrogen-bond acceptors (Lipinski definition) is 2. The first kappa shape index (κ1) is 21.1. The van der Waals surface area contributed by atoms with Crippen LogP contribution in [0.4, 0.5) is 15.8 Å². The number of quaternary nitrogens is 1. The van der Waals surface area contributed by atoms with E-state index in [0.29, 0.717) is 11.0 Å². The molecule has 0 bridgehead atoms. The van der Waals surface area contributed by atoms with Gasteiger partial charge in [-0.3, -0.25) is 9.59 Å². The molecule has 2 aromatic rings. The minimum absolute atomic E-state index is 0.0878. The van der Waals surface area contributed by atoms with Crippen molar-refractivity contribution in [1.29, 1.82) is 0 Å². The Kier molecular flexibility index (Phi) is 7.94. The number of anilines is 2. The molecule has 0 fully saturated rings. The first-order valence-corrected chi connectivity index (χ1v) is 9.62. The maximum Gasteiger partial charge on any atom is 0.279 e. The molecule has 3 N–H and O–H groups in total. The van der Waals surface area contributed by atoms with Crippen LogP contribution in [0.5, 0.6) is 0 Å². The molecule has 0 heterocycles. The Bertz CT molecular complexity index is 814. The Morgan fingerprint density at radius 1 is 1.04 bits per heavy atom. The van der Waals surface area contributed by atoms with E-state index in [9.17, 15) is 14.0 Å². The highest BCUT2D eigenvalue weighted by Gasteiger charge is 2.19. The predicted octanol–water partition coefficient (Wildman–Crippen LogP) is 2.77. The number of hydrogen-bond donors (Lipinski definition) is 3. The zero-order valence-electron chi connectivity index (χ0n) is 15.4. The van der Waals surface area contributed by atoms with Crippen molar-refractivity contribution < 1.29 is 18.9 Å². The highest BCUT2D eigenvalue weighted by Crippen LogP contribution is 2.19. The lowest BCUT2D eigenvalue weighted by molar-refractivity contribution is -0.883. The molecule has 0 aliphatic heterocycles. The normalized spacial score (nSPS) is 11.7. The van der Waals surface area contributed by atoms with Gasteiger partial charge in [0, 0.05) is 10.2 Å². The van der Waals surface area contributed by atoms with E-state index in [0.717, 1.165) is 22.6 Å². The molecular weight excluding hydrogens is 413 g/mol. The topological polar surface area (TPSA) is 62.6 Å². The maximum atomic E-state index is 13.9. The molecule has 7 heteroatoms. The van der Waals surface area contributed by atoms with E-state index in [4.69, 9.17) is 0 Å². The molecule has 0 saturated heterocycles. The number of carbonyl (C=O) groups is 2. The number of amides is 2. The summed E-state index contributed by atoms with van der Waals surface area (Å²) < 4.78 is 14.5. The van der Waals surface area contributed by atoms with E-state index in [1.165, 1.54) is 12.1 Å². The maximum absolute atomic E-state index is 13.9. The summed E-state index contributed by atoms with van der Waals surface area (Å²) in [6, 6.07) is 12.0. The van der Waals surface area contributed by atoms with Crippen LogP contribution in [-0.4, -0.2) is 31.4 Å². The van der Waals surface area contributed by atoms with E-state index in [-0.39, 0.29) is 30.6 Å². The van der Waals surface area contributed by atoms with Gasteiger partial charge in [-0.2, -0.15) is 0 Å². The standard InChI is InChI=1S/C20H23BrFN3O2/c1-3-10-25(12-19(26)23-17-7-5-4-6-14(17)2)13-20(27)24-18-9-8-15(21)11-16(18)22/h4-9,11H,3,10,12-13H2,1-2H3,(H,23,26)(H,24,27)/p+1. The van der Waals surface area contributed by atoms with Gasteiger partial charge in [-0.05, 0) is 43.2 Å². The smallest absolute Gasteiger partial charge is 0.279 e. The van der Waals surface area contributed by atoms with Crippen molar-refractivity contribution in [3.05, 3.63) is 58.3 Å². The molecule has 0 spiro atoms. The number of rotatable bonds is 8. The Morgan fingerprint density at radius 3 is 2.26 bits per heavy atom. The second kappa shape index (κ2) is 10.2. The molecule has 0 aromatic heterocycles. The molecule has 0 aliphatic rings. The quantitative estimate of drug-likeness (QED) is 0.595. The second-order valence-corrected chi connectivity index (χ2v) is 7.30. The molecular formula is C20H24BrFN3O2+. The van der Waals surface area contributed by atoms with Crippen LogP contribution in [0.15, 0.2) is 46.9 Å². The van der Waals surface area contributed by atoms with Crippen molar-refractivity contribution in [2.24, 2.45) is 0 Å². The molecule has 2 rings (SSSR count). The summed E-state index contributed by atoms with van der Waals surface area (Å²) in [5, 5.41) is 5.45. The fourth-order valence-corrected chi connectivity index (χ4v) is 3.07. The van der Waals surface area contributed by atoms with Crippen LogP contribution in [0.25, 0.3) is 0 Å². The number of carbonyl (C=O) groups excluding carboxylic acids is 2. The number of halogens is 2. The fraction of sp³-hybridized carbons (Fsp3) is 0.300. The van der Waals surface area contributed by atoms with Crippen molar-refractivity contribution in [3.8, 4) is 0 Å². The van der Waals surface area contributed by atoms with Crippen molar-refractivity contribution >= 4 is 39.1 Å². The lowest BCUT2D eigenvalue weighted by Crippen LogP contribution is -3.14. The third-order valence-corrected chi connectivity index (χ3v) is 4.54. The lowest BCUT2D eigenvalue weighted by Gasteiger charge is -2.18. The summed E-state index contributed by atoms with van der Waals surface area (Å²) >= 11 is 3.18. The fourth-order valence-electron chi connectivity index (χ4n) is 2.74. The number of aryl methyl sites for hydroxylation is 1. The summed E-state index contributed by atoms with van der Waals surface area (Å²) in [5.41, 5.74) is 1.87. The van der Waals surface area contributed by atoms with Gasteiger partial charge in [-0.25, -0.2) is 4.39 Å². The first-order chi connectivity index (χ1) is 12.9. The summed E-state index contributed by atoms with van der Waals surface area (Å²) in [5.74, 6) is -0.995. The summed E-state index contributed by atoms with van der Waals surface area (Å²) in [4.78, 5) is 25.5. The average molecular weight is 437 g/mol. The molecule has 2 amide bonds. The van der Waals surface area contributed by atoms with Gasteiger partial charge < -0.3 is 15.5 Å². The largest absolute Gasteiger partial charge is 0.321 e. The van der Waals surface area contributed by atoms with Gasteiger partial charge in [0.05, 0.1) is 12.2 Å². The second-order valence-electron chi connectivity index (χ2n) is 6.39. The minimum Gasteiger partial charge on any atom is -0.321 e. The number of para-hydroxylation sites is 1. The van der Waals surface area contributed by atoms with Crippen LogP contribution in [0.1, 0.15) is 18.9 Å². The Labute approximate surface area is 167 Å². The van der Waals surface area contributed by atoms with Crippen molar-refractivity contribution in [1.82, 2.24) is 0 Å². The van der Waals surface area contributed by atoms with Crippen molar-refractivity contribution in [2.75, 3.05) is 30.3 Å². The van der Waals surface area contributed by atoms with Crippen LogP contribution >= 0.6 is 15.9 Å². The highest BCUT2D eigenvalue weighted by atomic mass is 79.9. The van der Waals surface area contributed by atoms with Crippen LogP contribution in [0, 0.1) is 12.7 Å². The van der Waals surface area contributed by atoms with E-state index in [2.05, 4.69) is 26.6 Å². The van der Waals surface area contributed by atoms with Gasteiger partial charge in [0.15, 0.2) is 13.1 Å². The minimum atomic E-state index is -0.507. The van der Waals surface area contributed by atoms with Gasteiger partial charge in [-0.1, -0.05) is 41.1 Å². The molecule has 0 saturated carbocycles. The predicted molar refractivity (Wildman–Crippen MR) is 108 cm³/mol. The molecule has 2 aromatic carbocycles. The molecule has 1 unspecified atom stereocenters. The van der Waals surface area contributed by atoms with E-state index < -0.39 is 5.82 Å². The lowest BCUT2D eigenvalue weighted by atomic mass is 10.2. The van der Waals surface area contributed by atoms with Gasteiger partial charge in [0.1, 0.15) is 5.82 Å². The summed E-state index contributed by atoms with van der Waals surface area (Å²) in [6.07, 6.45) is 0.826.